The van der Waals surface area contributed by atoms with Crippen molar-refractivity contribution in [1.82, 2.24) is 0 Å². The quantitative estimate of drug-likeness (QED) is 0.575. The van der Waals surface area contributed by atoms with E-state index in [0.29, 0.717) is 0 Å². The number of hydrogen-bond donors (Lipinski definition) is 0. The zero-order valence-corrected chi connectivity index (χ0v) is 5.21. The average molecular weight is 141 g/mol. The summed E-state index contributed by atoms with van der Waals surface area (Å²) in [7, 11) is 0. The van der Waals surface area contributed by atoms with Gasteiger partial charge in [-0.25, -0.2) is 4.39 Å². The number of benzene rings is 1. The summed E-state index contributed by atoms with van der Waals surface area (Å²) in [5, 5.41) is 9.87. The Balaban J connectivity index is 2.75. The number of ether oxygens (including phenoxy) is 1. The van der Waals surface area contributed by atoms with Crippen molar-refractivity contribution in [2.45, 2.75) is 0 Å². The maximum Gasteiger partial charge on any atom is 0.221 e. The van der Waals surface area contributed by atoms with Gasteiger partial charge in [-0.05, 0) is 12.1 Å². The Kier molecular flexibility index (Phi) is 2.23. The summed E-state index contributed by atoms with van der Waals surface area (Å²) >= 11 is 0. The Bertz CT molecular complexity index is 213. The first-order valence-corrected chi connectivity index (χ1v) is 2.79. The monoisotopic (exact) mass is 141 g/mol. The predicted molar refractivity (Wildman–Crippen MR) is 32.6 cm³/mol. The fourth-order valence-electron chi connectivity index (χ4n) is 0.625. The van der Waals surface area contributed by atoms with Crippen LogP contribution in [0.5, 0.6) is 5.75 Å². The molecule has 0 aliphatic rings. The molecule has 0 spiro atoms. The molecule has 0 saturated carbocycles. The second-order valence-corrected chi connectivity index (χ2v) is 1.72. The maximum absolute atomic E-state index is 12.3. The van der Waals surface area contributed by atoms with Crippen molar-refractivity contribution in [1.29, 1.82) is 0 Å². The van der Waals surface area contributed by atoms with E-state index >= 15 is 0 Å². The minimum Gasteiger partial charge on any atom is -0.465 e. The van der Waals surface area contributed by atoms with Crippen LogP contribution in [0.1, 0.15) is 0 Å². The minimum atomic E-state index is -0.677. The van der Waals surface area contributed by atoms with Crippen LogP contribution in [0.15, 0.2) is 24.3 Å². The largest absolute Gasteiger partial charge is 0.465 e. The highest BCUT2D eigenvalue weighted by atomic mass is 19.1. The summed E-state index contributed by atoms with van der Waals surface area (Å²) < 4.78 is 16.8. The van der Waals surface area contributed by atoms with Gasteiger partial charge in [0, 0.05) is 6.07 Å². The molecule has 0 heterocycles. The van der Waals surface area contributed by atoms with E-state index in [4.69, 9.17) is 0 Å². The van der Waals surface area contributed by atoms with E-state index in [-0.39, 0.29) is 5.75 Å². The molecule has 3 heteroatoms. The van der Waals surface area contributed by atoms with Crippen molar-refractivity contribution in [3.05, 3.63) is 30.1 Å². The fraction of sp³-hybridized carbons (Fsp3) is 0.143. The summed E-state index contributed by atoms with van der Waals surface area (Å²) in [6.07, 6.45) is 0. The van der Waals surface area contributed by atoms with Gasteiger partial charge in [-0.2, -0.15) is 5.11 Å². The molecule has 0 aromatic heterocycles. The third-order valence-corrected chi connectivity index (χ3v) is 1.02. The first-order chi connectivity index (χ1) is 4.83. The van der Waals surface area contributed by atoms with E-state index in [9.17, 15) is 9.50 Å². The molecular formula is C7H6FO2. The molecule has 1 aromatic carbocycles. The Morgan fingerprint density at radius 2 is 2.30 bits per heavy atom. The molecule has 0 aliphatic carbocycles. The second-order valence-electron chi connectivity index (χ2n) is 1.72. The van der Waals surface area contributed by atoms with Crippen molar-refractivity contribution in [3.8, 4) is 5.75 Å². The van der Waals surface area contributed by atoms with Crippen LogP contribution in [0.2, 0.25) is 0 Å². The SMILES string of the molecule is [O]COc1cccc(F)c1. The van der Waals surface area contributed by atoms with Crippen molar-refractivity contribution >= 4 is 0 Å². The highest BCUT2D eigenvalue weighted by Gasteiger charge is 1.92. The molecule has 53 valence electrons. The zero-order valence-electron chi connectivity index (χ0n) is 5.21. The first kappa shape index (κ1) is 7.02. The van der Waals surface area contributed by atoms with Gasteiger partial charge in [-0.3, -0.25) is 0 Å². The van der Waals surface area contributed by atoms with Gasteiger partial charge >= 0.3 is 0 Å². The van der Waals surface area contributed by atoms with Crippen molar-refractivity contribution in [2.75, 3.05) is 6.79 Å². The van der Waals surface area contributed by atoms with E-state index in [1.54, 1.807) is 0 Å². The molecule has 1 radical (unpaired) electrons. The standard InChI is InChI=1S/C7H6FO2/c8-6-2-1-3-7(4-6)10-5-9/h1-4H,5H2. The van der Waals surface area contributed by atoms with Gasteiger partial charge in [0.2, 0.25) is 6.79 Å². The predicted octanol–water partition coefficient (Wildman–Crippen LogP) is 1.59. The van der Waals surface area contributed by atoms with Crippen LogP contribution in [0, 0.1) is 5.82 Å². The van der Waals surface area contributed by atoms with E-state index in [1.165, 1.54) is 18.2 Å². The van der Waals surface area contributed by atoms with Crippen molar-refractivity contribution < 1.29 is 14.2 Å². The average Bonchev–Trinajstić information content (AvgIpc) is 1.88. The molecule has 1 aromatic rings. The summed E-state index contributed by atoms with van der Waals surface area (Å²) in [4.78, 5) is 0. The molecule has 0 saturated heterocycles. The van der Waals surface area contributed by atoms with Crippen LogP contribution in [-0.2, 0) is 5.11 Å². The topological polar surface area (TPSA) is 29.1 Å². The normalized spacial score (nSPS) is 9.40. The van der Waals surface area contributed by atoms with Crippen molar-refractivity contribution in [2.24, 2.45) is 0 Å². The van der Waals surface area contributed by atoms with Crippen LogP contribution in [0.4, 0.5) is 4.39 Å². The summed E-state index contributed by atoms with van der Waals surface area (Å²) in [5.41, 5.74) is 0. The maximum atomic E-state index is 12.3. The lowest BCUT2D eigenvalue weighted by molar-refractivity contribution is 0.0374. The zero-order chi connectivity index (χ0) is 7.40. The van der Waals surface area contributed by atoms with Crippen LogP contribution in [0.25, 0.3) is 0 Å². The minimum absolute atomic E-state index is 0.273. The Labute approximate surface area is 57.9 Å². The van der Waals surface area contributed by atoms with Crippen LogP contribution >= 0.6 is 0 Å². The van der Waals surface area contributed by atoms with Gasteiger partial charge in [-0.15, -0.1) is 0 Å². The molecule has 0 bridgehead atoms. The molecule has 0 amide bonds. The molecule has 0 atom stereocenters. The lowest BCUT2D eigenvalue weighted by Crippen LogP contribution is -1.92. The summed E-state index contributed by atoms with van der Waals surface area (Å²) in [6, 6.07) is 5.47. The first-order valence-electron chi connectivity index (χ1n) is 2.79. The van der Waals surface area contributed by atoms with Crippen LogP contribution in [0.3, 0.4) is 0 Å². The van der Waals surface area contributed by atoms with Gasteiger partial charge in [0.05, 0.1) is 0 Å². The van der Waals surface area contributed by atoms with Gasteiger partial charge < -0.3 is 4.74 Å². The lowest BCUT2D eigenvalue weighted by Gasteiger charge is -1.98. The molecular weight excluding hydrogens is 135 g/mol. The fourth-order valence-corrected chi connectivity index (χ4v) is 0.625. The van der Waals surface area contributed by atoms with Crippen molar-refractivity contribution in [3.63, 3.8) is 0 Å². The number of rotatable bonds is 2. The van der Waals surface area contributed by atoms with Gasteiger partial charge in [0.1, 0.15) is 11.6 Å². The molecule has 10 heavy (non-hydrogen) atoms. The molecule has 1 rings (SSSR count). The summed E-state index contributed by atoms with van der Waals surface area (Å²) in [6.45, 7) is -0.677. The molecule has 0 N–H and O–H groups in total. The smallest absolute Gasteiger partial charge is 0.221 e. The van der Waals surface area contributed by atoms with E-state index < -0.39 is 12.6 Å². The second kappa shape index (κ2) is 3.17. The number of hydrogen-bond acceptors (Lipinski definition) is 1. The van der Waals surface area contributed by atoms with Gasteiger partial charge in [-0.1, -0.05) is 6.07 Å². The molecule has 0 fully saturated rings. The Morgan fingerprint density at radius 1 is 1.50 bits per heavy atom. The highest BCUT2D eigenvalue weighted by molar-refractivity contribution is 5.22. The van der Waals surface area contributed by atoms with E-state index in [1.807, 2.05) is 0 Å². The molecule has 2 nitrogen and oxygen atoms in total. The third-order valence-electron chi connectivity index (χ3n) is 1.02. The van der Waals surface area contributed by atoms with E-state index in [2.05, 4.69) is 4.74 Å². The highest BCUT2D eigenvalue weighted by Crippen LogP contribution is 2.10. The summed E-state index contributed by atoms with van der Waals surface area (Å²) in [5.74, 6) is -0.124. The third kappa shape index (κ3) is 1.70. The van der Waals surface area contributed by atoms with E-state index in [0.717, 1.165) is 6.07 Å². The molecule has 0 aliphatic heterocycles. The molecule has 0 unspecified atom stereocenters. The van der Waals surface area contributed by atoms with Crippen LogP contribution < -0.4 is 4.74 Å². The lowest BCUT2D eigenvalue weighted by atomic mass is 10.3. The number of halogens is 1. The van der Waals surface area contributed by atoms with Gasteiger partial charge in [0.15, 0.2) is 0 Å². The Morgan fingerprint density at radius 3 is 2.90 bits per heavy atom. The Hall–Kier alpha value is -1.09. The van der Waals surface area contributed by atoms with Gasteiger partial charge in [0.25, 0.3) is 0 Å². The van der Waals surface area contributed by atoms with Crippen LogP contribution in [-0.4, -0.2) is 6.79 Å².